The van der Waals surface area contributed by atoms with E-state index in [4.69, 9.17) is 0 Å². The number of rotatable bonds is 2. The largest absolute Gasteiger partial charge is 0.335 e. The number of Topliss-reactive ketones (excluding diaryl/α,β-unsaturated/α-hetero) is 1. The van der Waals surface area contributed by atoms with E-state index in [2.05, 4.69) is 27.7 Å². The zero-order valence-electron chi connectivity index (χ0n) is 9.46. The van der Waals surface area contributed by atoms with E-state index >= 15 is 0 Å². The molecule has 1 aliphatic rings. The van der Waals surface area contributed by atoms with Crippen LogP contribution in [-0.2, 0) is 9.59 Å². The summed E-state index contributed by atoms with van der Waals surface area (Å²) >= 11 is 0. The molecule has 1 heterocycles. The fourth-order valence-electron chi connectivity index (χ4n) is 1.40. The highest BCUT2D eigenvalue weighted by molar-refractivity contribution is 6.37. The lowest BCUT2D eigenvalue weighted by molar-refractivity contribution is -0.140. The van der Waals surface area contributed by atoms with Crippen molar-refractivity contribution in [1.29, 1.82) is 0 Å². The molecule has 14 heavy (non-hydrogen) atoms. The molecule has 0 aromatic rings. The number of hydrogen-bond donors (Lipinski definition) is 0. The van der Waals surface area contributed by atoms with Crippen molar-refractivity contribution in [2.24, 2.45) is 11.3 Å². The fourth-order valence-corrected chi connectivity index (χ4v) is 1.40. The summed E-state index contributed by atoms with van der Waals surface area (Å²) in [7, 11) is 0. The first kappa shape index (κ1) is 11.2. The summed E-state index contributed by atoms with van der Waals surface area (Å²) in [5.41, 5.74) is 0.186. The average molecular weight is 197 g/mol. The molecule has 1 fully saturated rings. The highest BCUT2D eigenvalue weighted by Crippen LogP contribution is 2.26. The third-order valence-electron chi connectivity index (χ3n) is 3.11. The number of carbonyl (C=O) groups excluding carboxylic acids is 2. The Kier molecular flexibility index (Phi) is 2.98. The molecule has 1 aliphatic heterocycles. The number of amides is 1. The van der Waals surface area contributed by atoms with Crippen molar-refractivity contribution in [2.45, 2.75) is 34.1 Å². The number of nitrogens with zero attached hydrogens (tertiary/aromatic N) is 1. The Morgan fingerprint density at radius 2 is 1.93 bits per heavy atom. The summed E-state index contributed by atoms with van der Waals surface area (Å²) in [6.07, 6.45) is 0.399. The molecule has 0 saturated carbocycles. The Morgan fingerprint density at radius 3 is 2.29 bits per heavy atom. The van der Waals surface area contributed by atoms with Gasteiger partial charge in [-0.05, 0) is 11.3 Å². The van der Waals surface area contributed by atoms with Crippen LogP contribution >= 0.6 is 0 Å². The van der Waals surface area contributed by atoms with Crippen molar-refractivity contribution < 1.29 is 9.59 Å². The van der Waals surface area contributed by atoms with Crippen LogP contribution in [0.2, 0.25) is 0 Å². The Bertz CT molecular complexity index is 253. The van der Waals surface area contributed by atoms with Gasteiger partial charge in [0.2, 0.25) is 5.78 Å². The van der Waals surface area contributed by atoms with Crippen molar-refractivity contribution in [2.75, 3.05) is 13.1 Å². The molecular weight excluding hydrogens is 178 g/mol. The van der Waals surface area contributed by atoms with Gasteiger partial charge in [0.05, 0.1) is 0 Å². The molecule has 1 rings (SSSR count). The maximum Gasteiger partial charge on any atom is 0.290 e. The second kappa shape index (κ2) is 3.71. The molecule has 1 saturated heterocycles. The minimum absolute atomic E-state index is 0.186. The summed E-state index contributed by atoms with van der Waals surface area (Å²) in [5.74, 6) is -0.107. The van der Waals surface area contributed by atoms with Crippen molar-refractivity contribution in [3.63, 3.8) is 0 Å². The van der Waals surface area contributed by atoms with Crippen LogP contribution in [0.5, 0.6) is 0 Å². The van der Waals surface area contributed by atoms with E-state index in [1.807, 2.05) is 0 Å². The van der Waals surface area contributed by atoms with Gasteiger partial charge in [0.25, 0.3) is 5.91 Å². The van der Waals surface area contributed by atoms with Gasteiger partial charge in [0, 0.05) is 19.5 Å². The minimum Gasteiger partial charge on any atom is -0.335 e. The highest BCUT2D eigenvalue weighted by Gasteiger charge is 2.32. The van der Waals surface area contributed by atoms with Gasteiger partial charge < -0.3 is 4.90 Å². The molecule has 0 aromatic carbocycles. The first-order valence-corrected chi connectivity index (χ1v) is 5.14. The summed E-state index contributed by atoms with van der Waals surface area (Å²) in [5, 5.41) is 0. The quantitative estimate of drug-likeness (QED) is 0.629. The lowest BCUT2D eigenvalue weighted by Crippen LogP contribution is -2.36. The van der Waals surface area contributed by atoms with Gasteiger partial charge in [-0.3, -0.25) is 9.59 Å². The van der Waals surface area contributed by atoms with E-state index in [0.717, 1.165) is 0 Å². The molecule has 0 bridgehead atoms. The summed E-state index contributed by atoms with van der Waals surface area (Å²) in [6, 6.07) is 0. The van der Waals surface area contributed by atoms with Gasteiger partial charge in [-0.15, -0.1) is 0 Å². The fraction of sp³-hybridized carbons (Fsp3) is 0.818. The van der Waals surface area contributed by atoms with Gasteiger partial charge >= 0.3 is 0 Å². The van der Waals surface area contributed by atoms with Gasteiger partial charge in [-0.1, -0.05) is 27.7 Å². The van der Waals surface area contributed by atoms with Crippen LogP contribution in [0.1, 0.15) is 34.1 Å². The SMILES string of the molecule is CC(CN1CCC(=O)C1=O)C(C)(C)C. The number of hydrogen-bond acceptors (Lipinski definition) is 2. The molecule has 0 aromatic heterocycles. The Labute approximate surface area is 85.5 Å². The van der Waals surface area contributed by atoms with E-state index in [9.17, 15) is 9.59 Å². The second-order valence-electron chi connectivity index (χ2n) is 5.19. The molecule has 80 valence electrons. The predicted octanol–water partition coefficient (Wildman–Crippen LogP) is 1.47. The minimum atomic E-state index is -0.291. The number of carbonyl (C=O) groups is 2. The molecule has 0 radical (unpaired) electrons. The van der Waals surface area contributed by atoms with Gasteiger partial charge in [0.1, 0.15) is 0 Å². The Morgan fingerprint density at radius 1 is 1.36 bits per heavy atom. The summed E-state index contributed by atoms with van der Waals surface area (Å²) in [6.45, 7) is 9.89. The molecule has 3 nitrogen and oxygen atoms in total. The molecule has 0 N–H and O–H groups in total. The van der Waals surface area contributed by atoms with Crippen LogP contribution in [0, 0.1) is 11.3 Å². The lowest BCUT2D eigenvalue weighted by Gasteiger charge is -2.30. The third kappa shape index (κ3) is 2.34. The van der Waals surface area contributed by atoms with Crippen LogP contribution in [0.3, 0.4) is 0 Å². The molecule has 3 heteroatoms. The lowest BCUT2D eigenvalue weighted by atomic mass is 9.82. The molecule has 1 unspecified atom stereocenters. The van der Waals surface area contributed by atoms with Crippen molar-refractivity contribution in [1.82, 2.24) is 4.90 Å². The topological polar surface area (TPSA) is 37.4 Å². The first-order valence-electron chi connectivity index (χ1n) is 5.14. The maximum absolute atomic E-state index is 11.3. The zero-order chi connectivity index (χ0) is 10.9. The Balaban J connectivity index is 2.54. The molecular formula is C11H19NO2. The van der Waals surface area contributed by atoms with Crippen LogP contribution in [0.15, 0.2) is 0 Å². The molecule has 1 amide bonds. The number of ketones is 1. The van der Waals surface area contributed by atoms with E-state index < -0.39 is 0 Å². The third-order valence-corrected chi connectivity index (χ3v) is 3.11. The van der Waals surface area contributed by atoms with Gasteiger partial charge in [0.15, 0.2) is 0 Å². The average Bonchev–Trinajstić information content (AvgIpc) is 2.34. The van der Waals surface area contributed by atoms with Crippen molar-refractivity contribution in [3.8, 4) is 0 Å². The van der Waals surface area contributed by atoms with Crippen LogP contribution in [-0.4, -0.2) is 29.7 Å². The second-order valence-corrected chi connectivity index (χ2v) is 5.19. The van der Waals surface area contributed by atoms with E-state index in [0.29, 0.717) is 25.4 Å². The Hall–Kier alpha value is -0.860. The summed E-state index contributed by atoms with van der Waals surface area (Å²) in [4.78, 5) is 24.0. The van der Waals surface area contributed by atoms with Crippen LogP contribution in [0.25, 0.3) is 0 Å². The normalized spacial score (nSPS) is 20.4. The predicted molar refractivity (Wildman–Crippen MR) is 54.8 cm³/mol. The van der Waals surface area contributed by atoms with Gasteiger partial charge in [-0.2, -0.15) is 0 Å². The molecule has 0 spiro atoms. The van der Waals surface area contributed by atoms with Crippen LogP contribution < -0.4 is 0 Å². The van der Waals surface area contributed by atoms with E-state index in [1.165, 1.54) is 0 Å². The van der Waals surface area contributed by atoms with E-state index in [1.54, 1.807) is 4.90 Å². The van der Waals surface area contributed by atoms with E-state index in [-0.39, 0.29) is 17.1 Å². The molecule has 1 atom stereocenters. The molecule has 0 aliphatic carbocycles. The van der Waals surface area contributed by atoms with Crippen molar-refractivity contribution >= 4 is 11.7 Å². The smallest absolute Gasteiger partial charge is 0.290 e. The van der Waals surface area contributed by atoms with Crippen molar-refractivity contribution in [3.05, 3.63) is 0 Å². The van der Waals surface area contributed by atoms with Crippen LogP contribution in [0.4, 0.5) is 0 Å². The first-order chi connectivity index (χ1) is 6.32. The van der Waals surface area contributed by atoms with Gasteiger partial charge in [-0.25, -0.2) is 0 Å². The summed E-state index contributed by atoms with van der Waals surface area (Å²) < 4.78 is 0. The highest BCUT2D eigenvalue weighted by atomic mass is 16.2. The monoisotopic (exact) mass is 197 g/mol. The zero-order valence-corrected chi connectivity index (χ0v) is 9.46. The number of likely N-dealkylation sites (tertiary alicyclic amines) is 1. The maximum atomic E-state index is 11.3. The standard InChI is InChI=1S/C11H19NO2/c1-8(11(2,3)4)7-12-6-5-9(13)10(12)14/h8H,5-7H2,1-4H3.